The van der Waals surface area contributed by atoms with Crippen molar-refractivity contribution in [3.8, 4) is 0 Å². The highest BCUT2D eigenvalue weighted by Crippen LogP contribution is 2.53. The molecule has 0 saturated carbocycles. The Balaban J connectivity index is 1.26. The number of rotatable bonds is 2. The van der Waals surface area contributed by atoms with Gasteiger partial charge in [0.15, 0.2) is 5.71 Å². The number of fused-ring (bicyclic) bond motifs is 1. The normalized spacial score (nSPS) is 30.2. The van der Waals surface area contributed by atoms with Crippen molar-refractivity contribution in [1.29, 1.82) is 0 Å². The Kier molecular flexibility index (Phi) is 3.60. The van der Waals surface area contributed by atoms with E-state index in [-0.39, 0.29) is 17.4 Å². The lowest BCUT2D eigenvalue weighted by Crippen LogP contribution is -2.56. The highest BCUT2D eigenvalue weighted by atomic mass is 19.4. The number of piperidine rings is 2. The van der Waals surface area contributed by atoms with Gasteiger partial charge in [0.05, 0.1) is 11.6 Å². The van der Waals surface area contributed by atoms with Crippen LogP contribution in [0.4, 0.5) is 13.2 Å². The molecule has 5 nitrogen and oxygen atoms in total. The molecule has 0 aromatic heterocycles. The van der Waals surface area contributed by atoms with Gasteiger partial charge in [-0.3, -0.25) is 9.80 Å². The minimum atomic E-state index is -4.35. The molecule has 27 heavy (non-hydrogen) atoms. The van der Waals surface area contributed by atoms with Crippen LogP contribution in [0.15, 0.2) is 29.4 Å². The van der Waals surface area contributed by atoms with Crippen molar-refractivity contribution in [2.45, 2.75) is 42.9 Å². The molecule has 8 heteroatoms. The first-order valence-corrected chi connectivity index (χ1v) is 9.47. The molecular weight excluding hydrogens is 357 g/mol. The van der Waals surface area contributed by atoms with Crippen LogP contribution in [0.2, 0.25) is 0 Å². The van der Waals surface area contributed by atoms with Gasteiger partial charge in [0, 0.05) is 19.6 Å². The van der Waals surface area contributed by atoms with Crippen LogP contribution in [0.3, 0.4) is 0 Å². The van der Waals surface area contributed by atoms with Gasteiger partial charge in [-0.1, -0.05) is 18.2 Å². The molecule has 5 rings (SSSR count). The van der Waals surface area contributed by atoms with E-state index in [0.29, 0.717) is 43.2 Å². The third-order valence-corrected chi connectivity index (χ3v) is 6.49. The zero-order valence-corrected chi connectivity index (χ0v) is 14.8. The molecule has 1 aromatic rings. The fourth-order valence-corrected chi connectivity index (χ4v) is 5.00. The summed E-state index contributed by atoms with van der Waals surface area (Å²) >= 11 is 0. The topological polar surface area (TPSA) is 47.7 Å². The molecule has 4 aliphatic rings. The van der Waals surface area contributed by atoms with E-state index in [1.165, 1.54) is 6.07 Å². The second-order valence-corrected chi connectivity index (χ2v) is 7.85. The summed E-state index contributed by atoms with van der Waals surface area (Å²) in [6, 6.07) is 6.15. The standard InChI is InChI=1S/C19H21F3N4O/c20-19(21,22)14-4-2-1-3-13(14)12-6-9-25(10-7-12)17(27)16-18-11-23-8-5-15(18)26(18)24-16/h1-4,12,15,23H,5-11H2. The van der Waals surface area contributed by atoms with Crippen LogP contribution in [0.5, 0.6) is 0 Å². The summed E-state index contributed by atoms with van der Waals surface area (Å²) in [5.41, 5.74) is 0.229. The molecular formula is C19H21F3N4O. The number of hydrogen-bond donors (Lipinski definition) is 1. The third kappa shape index (κ3) is 2.42. The summed E-state index contributed by atoms with van der Waals surface area (Å²) in [5.74, 6) is -0.213. The zero-order chi connectivity index (χ0) is 18.8. The number of alkyl halides is 3. The molecule has 4 aliphatic heterocycles. The number of nitrogens with zero attached hydrogens (tertiary/aromatic N) is 3. The number of hydrogen-bond acceptors (Lipinski definition) is 4. The first-order chi connectivity index (χ1) is 12.9. The van der Waals surface area contributed by atoms with Crippen molar-refractivity contribution < 1.29 is 18.0 Å². The summed E-state index contributed by atoms with van der Waals surface area (Å²) in [5, 5.41) is 9.76. The maximum atomic E-state index is 13.3. The lowest BCUT2D eigenvalue weighted by atomic mass is 9.85. The average Bonchev–Trinajstić information content (AvgIpc) is 3.19. The van der Waals surface area contributed by atoms with Gasteiger partial charge in [-0.25, -0.2) is 0 Å². The van der Waals surface area contributed by atoms with Gasteiger partial charge in [0.2, 0.25) is 0 Å². The molecule has 3 saturated heterocycles. The fraction of sp³-hybridized carbons (Fsp3) is 0.579. The number of carbonyl (C=O) groups excluding carboxylic acids is 1. The molecule has 0 radical (unpaired) electrons. The Morgan fingerprint density at radius 3 is 2.63 bits per heavy atom. The maximum Gasteiger partial charge on any atom is 0.416 e. The molecule has 1 amide bonds. The monoisotopic (exact) mass is 378 g/mol. The number of carbonyl (C=O) groups is 1. The fourth-order valence-electron chi connectivity index (χ4n) is 5.00. The van der Waals surface area contributed by atoms with Gasteiger partial charge < -0.3 is 10.2 Å². The quantitative estimate of drug-likeness (QED) is 0.803. The predicted octanol–water partition coefficient (Wildman–Crippen LogP) is 2.20. The van der Waals surface area contributed by atoms with Gasteiger partial charge in [0.25, 0.3) is 5.91 Å². The van der Waals surface area contributed by atoms with Crippen LogP contribution in [-0.2, 0) is 11.0 Å². The smallest absolute Gasteiger partial charge is 0.337 e. The molecule has 0 aliphatic carbocycles. The summed E-state index contributed by atoms with van der Waals surface area (Å²) < 4.78 is 39.8. The molecule has 1 N–H and O–H groups in total. The van der Waals surface area contributed by atoms with Crippen molar-refractivity contribution in [2.24, 2.45) is 5.10 Å². The number of likely N-dealkylation sites (tertiary alicyclic amines) is 1. The Morgan fingerprint density at radius 2 is 1.93 bits per heavy atom. The van der Waals surface area contributed by atoms with E-state index in [1.54, 1.807) is 17.0 Å². The Morgan fingerprint density at radius 1 is 1.19 bits per heavy atom. The summed E-state index contributed by atoms with van der Waals surface area (Å²) in [6.45, 7) is 2.66. The van der Waals surface area contributed by atoms with Crippen molar-refractivity contribution in [3.05, 3.63) is 35.4 Å². The van der Waals surface area contributed by atoms with E-state index in [4.69, 9.17) is 0 Å². The minimum Gasteiger partial charge on any atom is -0.337 e. The van der Waals surface area contributed by atoms with Gasteiger partial charge >= 0.3 is 6.18 Å². The van der Waals surface area contributed by atoms with Gasteiger partial charge in [-0.05, 0) is 43.4 Å². The molecule has 3 fully saturated rings. The Labute approximate surface area is 155 Å². The van der Waals surface area contributed by atoms with Gasteiger partial charge in [0.1, 0.15) is 5.54 Å². The van der Waals surface area contributed by atoms with Crippen molar-refractivity contribution in [2.75, 3.05) is 26.2 Å². The zero-order valence-electron chi connectivity index (χ0n) is 14.8. The highest BCUT2D eigenvalue weighted by molar-refractivity contribution is 6.45. The molecule has 2 atom stereocenters. The number of benzene rings is 1. The van der Waals surface area contributed by atoms with Crippen LogP contribution < -0.4 is 5.32 Å². The van der Waals surface area contributed by atoms with Gasteiger partial charge in [-0.2, -0.15) is 18.3 Å². The molecule has 1 spiro atoms. The summed E-state index contributed by atoms with van der Waals surface area (Å²) in [4.78, 5) is 14.7. The van der Waals surface area contributed by atoms with Crippen molar-refractivity contribution >= 4 is 11.6 Å². The minimum absolute atomic E-state index is 0.0417. The molecule has 0 bridgehead atoms. The summed E-state index contributed by atoms with van der Waals surface area (Å²) in [7, 11) is 0. The average molecular weight is 378 g/mol. The first kappa shape index (κ1) is 17.0. The third-order valence-electron chi connectivity index (χ3n) is 6.49. The Hall–Kier alpha value is -2.09. The van der Waals surface area contributed by atoms with Crippen LogP contribution >= 0.6 is 0 Å². The van der Waals surface area contributed by atoms with E-state index >= 15 is 0 Å². The molecule has 4 heterocycles. The summed E-state index contributed by atoms with van der Waals surface area (Å²) in [6.07, 6.45) is -2.26. The Bertz CT molecular complexity index is 815. The molecule has 1 aromatic carbocycles. The second-order valence-electron chi connectivity index (χ2n) is 7.85. The van der Waals surface area contributed by atoms with Crippen molar-refractivity contribution in [1.82, 2.24) is 15.2 Å². The predicted molar refractivity (Wildman–Crippen MR) is 93.3 cm³/mol. The van der Waals surface area contributed by atoms with E-state index in [1.807, 2.05) is 5.01 Å². The van der Waals surface area contributed by atoms with Crippen LogP contribution in [0.1, 0.15) is 36.3 Å². The second kappa shape index (κ2) is 5.70. The van der Waals surface area contributed by atoms with E-state index < -0.39 is 11.7 Å². The lowest BCUT2D eigenvalue weighted by molar-refractivity contribution is -0.138. The maximum absolute atomic E-state index is 13.3. The van der Waals surface area contributed by atoms with E-state index in [2.05, 4.69) is 10.4 Å². The number of halogens is 3. The van der Waals surface area contributed by atoms with Gasteiger partial charge in [-0.15, -0.1) is 0 Å². The van der Waals surface area contributed by atoms with Crippen molar-refractivity contribution in [3.63, 3.8) is 0 Å². The highest BCUT2D eigenvalue weighted by Gasteiger charge is 2.74. The van der Waals surface area contributed by atoms with Crippen LogP contribution in [-0.4, -0.2) is 59.3 Å². The molecule has 144 valence electrons. The number of hydrazone groups is 1. The van der Waals surface area contributed by atoms with E-state index in [9.17, 15) is 18.0 Å². The van der Waals surface area contributed by atoms with Crippen LogP contribution in [0.25, 0.3) is 0 Å². The number of amides is 1. The first-order valence-electron chi connectivity index (χ1n) is 9.47. The lowest BCUT2D eigenvalue weighted by Gasteiger charge is -2.36. The number of nitrogens with one attached hydrogen (secondary N) is 1. The van der Waals surface area contributed by atoms with Crippen LogP contribution in [0, 0.1) is 0 Å². The largest absolute Gasteiger partial charge is 0.416 e. The van der Waals surface area contributed by atoms with E-state index in [0.717, 1.165) is 25.6 Å². The molecule has 2 unspecified atom stereocenters. The SMILES string of the molecule is O=C(C1=NN2C3CCNCC132)N1CCC(c2ccccc2C(F)(F)F)CC1.